The zero-order chi connectivity index (χ0) is 9.40. The molecule has 0 aliphatic rings. The maximum Gasteiger partial charge on any atom is 0.246 e. The minimum absolute atomic E-state index is 0.103. The highest BCUT2D eigenvalue weighted by Gasteiger charge is 2.06. The maximum atomic E-state index is 11.2. The van der Waals surface area contributed by atoms with Crippen molar-refractivity contribution >= 4 is 18.5 Å². The van der Waals surface area contributed by atoms with Crippen LogP contribution in [0.2, 0.25) is 0 Å². The topological polar surface area (TPSA) is 20.3 Å². The van der Waals surface area contributed by atoms with Gasteiger partial charge in [0.05, 0.1) is 0 Å². The summed E-state index contributed by atoms with van der Waals surface area (Å²) in [7, 11) is 0. The van der Waals surface area contributed by atoms with Crippen molar-refractivity contribution in [3.8, 4) is 23.9 Å². The second-order valence-corrected chi connectivity index (χ2v) is 2.37. The first-order valence-corrected chi connectivity index (χ1v) is 4.18. The Bertz CT molecular complexity index is 244. The van der Waals surface area contributed by atoms with Gasteiger partial charge >= 0.3 is 0 Å². The Balaban J connectivity index is 4.33. The normalized spacial score (nSPS) is 7.25. The molecule has 2 nitrogen and oxygen atoms in total. The van der Waals surface area contributed by atoms with Crippen molar-refractivity contribution in [1.29, 1.82) is 0 Å². The predicted molar refractivity (Wildman–Crippen MR) is 52.2 cm³/mol. The molecule has 0 saturated carbocycles. The zero-order valence-corrected chi connectivity index (χ0v) is 8.11. The molecule has 0 aromatic heterocycles. The Morgan fingerprint density at radius 3 is 2.17 bits per heavy atom. The van der Waals surface area contributed by atoms with E-state index in [0.29, 0.717) is 12.2 Å². The molecule has 0 rings (SSSR count). The lowest BCUT2D eigenvalue weighted by atomic mass is 10.4. The Morgan fingerprint density at radius 1 is 1.33 bits per heavy atom. The summed E-state index contributed by atoms with van der Waals surface area (Å²) in [5.41, 5.74) is 0. The van der Waals surface area contributed by atoms with E-state index in [-0.39, 0.29) is 5.91 Å². The average molecular weight is 181 g/mol. The minimum atomic E-state index is -0.103. The molecule has 0 bridgehead atoms. The van der Waals surface area contributed by atoms with E-state index in [0.717, 1.165) is 0 Å². The molecule has 3 heteroatoms. The fourth-order valence-corrected chi connectivity index (χ4v) is 0.775. The molecule has 0 spiro atoms. The molecule has 1 amide bonds. The van der Waals surface area contributed by atoms with Gasteiger partial charge in [-0.2, -0.15) is 17.5 Å². The third-order valence-electron chi connectivity index (χ3n) is 1.02. The van der Waals surface area contributed by atoms with Crippen LogP contribution in [-0.2, 0) is 4.79 Å². The smallest absolute Gasteiger partial charge is 0.246 e. The first kappa shape index (κ1) is 10.9. The number of hydrogen-bond acceptors (Lipinski definition) is 2. The summed E-state index contributed by atoms with van der Waals surface area (Å²) < 4.78 is 0. The lowest BCUT2D eigenvalue weighted by molar-refractivity contribution is -0.125. The molecule has 0 atom stereocenters. The number of hydrogen-bond donors (Lipinski definition) is 1. The molecule has 0 radical (unpaired) electrons. The summed E-state index contributed by atoms with van der Waals surface area (Å²) in [6.07, 6.45) is 0.368. The van der Waals surface area contributed by atoms with E-state index in [2.05, 4.69) is 36.6 Å². The van der Waals surface area contributed by atoms with E-state index in [1.165, 1.54) is 4.90 Å². The van der Waals surface area contributed by atoms with Crippen molar-refractivity contribution in [2.24, 2.45) is 0 Å². The van der Waals surface area contributed by atoms with E-state index >= 15 is 0 Å². The zero-order valence-electron chi connectivity index (χ0n) is 7.22. The first-order chi connectivity index (χ1) is 5.76. The molecule has 0 aliphatic heterocycles. The van der Waals surface area contributed by atoms with Crippen LogP contribution in [0.25, 0.3) is 0 Å². The summed E-state index contributed by atoms with van der Waals surface area (Å²) in [5, 5.41) is 0. The monoisotopic (exact) mass is 181 g/mol. The van der Waals surface area contributed by atoms with Crippen molar-refractivity contribution in [2.45, 2.75) is 20.3 Å². The molecular formula is C9H11NOS. The van der Waals surface area contributed by atoms with Crippen LogP contribution in [0.5, 0.6) is 0 Å². The van der Waals surface area contributed by atoms with E-state index < -0.39 is 0 Å². The standard InChI is InChI=1S/C9H11NOS/c1-3-6-10(7-4-2)9(11)5-8-12/h12H,5,8H2,1-2H3. The van der Waals surface area contributed by atoms with Crippen LogP contribution >= 0.6 is 12.6 Å². The van der Waals surface area contributed by atoms with E-state index in [1.807, 2.05) is 0 Å². The summed E-state index contributed by atoms with van der Waals surface area (Å²) in [4.78, 5) is 12.4. The highest BCUT2D eigenvalue weighted by molar-refractivity contribution is 7.80. The number of rotatable bonds is 2. The van der Waals surface area contributed by atoms with Gasteiger partial charge in [0, 0.05) is 18.5 Å². The molecule has 0 aliphatic carbocycles. The van der Waals surface area contributed by atoms with Gasteiger partial charge in [0.2, 0.25) is 5.91 Å². The summed E-state index contributed by atoms with van der Waals surface area (Å²) >= 11 is 3.95. The largest absolute Gasteiger partial charge is 0.273 e. The summed E-state index contributed by atoms with van der Waals surface area (Å²) in [6, 6.07) is 5.19. The second-order valence-electron chi connectivity index (χ2n) is 1.93. The van der Waals surface area contributed by atoms with Gasteiger partial charge in [0.15, 0.2) is 0 Å². The van der Waals surface area contributed by atoms with Crippen LogP contribution in [-0.4, -0.2) is 16.6 Å². The number of amides is 1. The van der Waals surface area contributed by atoms with Gasteiger partial charge < -0.3 is 0 Å². The molecule has 0 heterocycles. The van der Waals surface area contributed by atoms with Crippen LogP contribution in [0.15, 0.2) is 0 Å². The SMILES string of the molecule is CC#CN(C#CC)C(=O)CCS. The minimum Gasteiger partial charge on any atom is -0.273 e. The van der Waals surface area contributed by atoms with Gasteiger partial charge in [-0.1, -0.05) is 11.8 Å². The first-order valence-electron chi connectivity index (χ1n) is 3.54. The fraction of sp³-hybridized carbons (Fsp3) is 0.444. The lowest BCUT2D eigenvalue weighted by Gasteiger charge is -2.04. The second kappa shape index (κ2) is 6.64. The third-order valence-corrected chi connectivity index (χ3v) is 1.25. The molecule has 0 N–H and O–H groups in total. The number of carbonyl (C=O) groups is 1. The molecule has 0 unspecified atom stereocenters. The molecule has 0 aromatic carbocycles. The molecule has 0 aromatic rings. The van der Waals surface area contributed by atoms with Crippen molar-refractivity contribution < 1.29 is 4.79 Å². The van der Waals surface area contributed by atoms with Crippen LogP contribution in [0, 0.1) is 23.9 Å². The highest BCUT2D eigenvalue weighted by atomic mass is 32.1. The van der Waals surface area contributed by atoms with Crippen molar-refractivity contribution in [3.05, 3.63) is 0 Å². The number of carbonyl (C=O) groups excluding carboxylic acids is 1. The highest BCUT2D eigenvalue weighted by Crippen LogP contribution is 1.92. The molecule has 64 valence electrons. The Hall–Kier alpha value is -1.06. The Kier molecular flexibility index (Phi) is 6.05. The van der Waals surface area contributed by atoms with Gasteiger partial charge in [-0.05, 0) is 19.6 Å². The van der Waals surface area contributed by atoms with Crippen LogP contribution < -0.4 is 0 Å². The van der Waals surface area contributed by atoms with E-state index in [4.69, 9.17) is 0 Å². The van der Waals surface area contributed by atoms with Gasteiger partial charge in [0.1, 0.15) is 0 Å². The van der Waals surface area contributed by atoms with Crippen molar-refractivity contribution in [1.82, 2.24) is 4.90 Å². The fourth-order valence-electron chi connectivity index (χ4n) is 0.584. The summed E-state index contributed by atoms with van der Waals surface area (Å²) in [5.74, 6) is 5.66. The lowest BCUT2D eigenvalue weighted by Crippen LogP contribution is -2.21. The molecular weight excluding hydrogens is 170 g/mol. The third kappa shape index (κ3) is 3.95. The summed E-state index contributed by atoms with van der Waals surface area (Å²) in [6.45, 7) is 3.33. The Labute approximate surface area is 78.7 Å². The van der Waals surface area contributed by atoms with Gasteiger partial charge in [-0.25, -0.2) is 0 Å². The number of nitrogens with zero attached hydrogens (tertiary/aromatic N) is 1. The van der Waals surface area contributed by atoms with Crippen molar-refractivity contribution in [3.63, 3.8) is 0 Å². The Morgan fingerprint density at radius 2 is 1.83 bits per heavy atom. The quantitative estimate of drug-likeness (QED) is 0.384. The average Bonchev–Trinajstić information content (AvgIpc) is 2.04. The van der Waals surface area contributed by atoms with E-state index in [1.54, 1.807) is 13.8 Å². The molecule has 0 saturated heterocycles. The van der Waals surface area contributed by atoms with E-state index in [9.17, 15) is 4.79 Å². The predicted octanol–water partition coefficient (Wildman–Crippen LogP) is 1.10. The van der Waals surface area contributed by atoms with Gasteiger partial charge in [-0.3, -0.25) is 4.79 Å². The number of thiol groups is 1. The maximum absolute atomic E-state index is 11.2. The van der Waals surface area contributed by atoms with Crippen molar-refractivity contribution in [2.75, 3.05) is 5.75 Å². The van der Waals surface area contributed by atoms with Crippen LogP contribution in [0.3, 0.4) is 0 Å². The van der Waals surface area contributed by atoms with Crippen LogP contribution in [0.1, 0.15) is 20.3 Å². The molecule has 12 heavy (non-hydrogen) atoms. The molecule has 0 fully saturated rings. The van der Waals surface area contributed by atoms with Crippen LogP contribution in [0.4, 0.5) is 0 Å². The van der Waals surface area contributed by atoms with Gasteiger partial charge in [-0.15, -0.1) is 0 Å². The van der Waals surface area contributed by atoms with Gasteiger partial charge in [0.25, 0.3) is 0 Å².